The molecule has 3 heteroatoms. The van der Waals surface area contributed by atoms with Crippen molar-refractivity contribution in [3.63, 3.8) is 0 Å². The van der Waals surface area contributed by atoms with E-state index in [-0.39, 0.29) is 17.0 Å². The minimum atomic E-state index is 0. The number of hydrogen-bond donors (Lipinski definition) is 1. The van der Waals surface area contributed by atoms with E-state index in [1.807, 2.05) is 0 Å². The highest BCUT2D eigenvalue weighted by molar-refractivity contribution is 8.93. The van der Waals surface area contributed by atoms with Gasteiger partial charge < -0.3 is 0 Å². The van der Waals surface area contributed by atoms with Crippen LogP contribution in [0, 0.1) is 0 Å². The molecule has 1 N–H and O–H groups in total. The molecule has 1 rings (SSSR count). The lowest BCUT2D eigenvalue weighted by molar-refractivity contribution is 0.626. The Bertz CT molecular complexity index is 281. The average Bonchev–Trinajstić information content (AvgIpc) is 2.86. The summed E-state index contributed by atoms with van der Waals surface area (Å²) in [5.41, 5.74) is 2.60. The van der Waals surface area contributed by atoms with Gasteiger partial charge in [-0.25, -0.2) is 0 Å². The van der Waals surface area contributed by atoms with Crippen molar-refractivity contribution in [1.29, 1.82) is 0 Å². The van der Waals surface area contributed by atoms with E-state index < -0.39 is 0 Å². The number of halogens is 1. The molecule has 0 aliphatic carbocycles. The second-order valence-corrected chi connectivity index (χ2v) is 5.71. The Morgan fingerprint density at radius 2 is 1.35 bits per heavy atom. The normalized spacial score (nSPS) is 10.5. The largest absolute Gasteiger partial charge is 0.282 e. The molecule has 118 valence electrons. The fraction of sp³-hybridized carbons (Fsp3) is 0.824. The molecule has 0 unspecified atom stereocenters. The highest BCUT2D eigenvalue weighted by Crippen LogP contribution is 2.11. The Morgan fingerprint density at radius 3 is 1.95 bits per heavy atom. The minimum absolute atomic E-state index is 0. The Kier molecular flexibility index (Phi) is 13.5. The highest BCUT2D eigenvalue weighted by atomic mass is 79.9. The zero-order chi connectivity index (χ0) is 13.8. The van der Waals surface area contributed by atoms with E-state index in [1.54, 1.807) is 0 Å². The zero-order valence-corrected chi connectivity index (χ0v) is 15.1. The minimum Gasteiger partial charge on any atom is -0.282 e. The van der Waals surface area contributed by atoms with Gasteiger partial charge in [0.1, 0.15) is 0 Å². The molecular weight excluding hydrogens is 312 g/mol. The van der Waals surface area contributed by atoms with Gasteiger partial charge in [0.25, 0.3) is 0 Å². The first-order valence-electron chi connectivity index (χ1n) is 8.40. The van der Waals surface area contributed by atoms with Crippen molar-refractivity contribution >= 4 is 17.0 Å². The van der Waals surface area contributed by atoms with Crippen molar-refractivity contribution in [1.82, 2.24) is 10.2 Å². The number of aryl methyl sites for hydroxylation is 2. The van der Waals surface area contributed by atoms with E-state index in [1.165, 1.54) is 82.0 Å². The van der Waals surface area contributed by atoms with Crippen LogP contribution in [-0.2, 0) is 12.8 Å². The van der Waals surface area contributed by atoms with E-state index in [2.05, 4.69) is 30.1 Å². The predicted molar refractivity (Wildman–Crippen MR) is 93.8 cm³/mol. The maximum absolute atomic E-state index is 4.42. The second kappa shape index (κ2) is 13.7. The zero-order valence-electron chi connectivity index (χ0n) is 13.4. The van der Waals surface area contributed by atoms with Gasteiger partial charge in [-0.15, -0.1) is 17.0 Å². The lowest BCUT2D eigenvalue weighted by Crippen LogP contribution is -1.86. The number of unbranched alkanes of at least 4 members (excludes halogenated alkanes) is 8. The first-order valence-corrected chi connectivity index (χ1v) is 8.40. The van der Waals surface area contributed by atoms with Gasteiger partial charge in [-0.2, -0.15) is 5.10 Å². The standard InChI is InChI=1S/C17H32N2.BrH/c1-3-5-7-9-11-13-16-15-17(19-18-16)14-12-10-8-6-4-2;/h15H,3-14H2,1-2H3,(H,18,19);1H. The average molecular weight is 345 g/mol. The van der Waals surface area contributed by atoms with Gasteiger partial charge in [0.2, 0.25) is 0 Å². The van der Waals surface area contributed by atoms with Crippen molar-refractivity contribution in [2.75, 3.05) is 0 Å². The highest BCUT2D eigenvalue weighted by Gasteiger charge is 2.01. The summed E-state index contributed by atoms with van der Waals surface area (Å²) in [6.45, 7) is 4.53. The summed E-state index contributed by atoms with van der Waals surface area (Å²) in [4.78, 5) is 0. The Hall–Kier alpha value is -0.310. The third-order valence-corrected chi connectivity index (χ3v) is 3.77. The van der Waals surface area contributed by atoms with E-state index in [0.717, 1.165) is 6.42 Å². The van der Waals surface area contributed by atoms with Gasteiger partial charge >= 0.3 is 0 Å². The number of hydrogen-bond acceptors (Lipinski definition) is 1. The number of H-pyrrole nitrogens is 1. The van der Waals surface area contributed by atoms with Gasteiger partial charge in [0.05, 0.1) is 5.69 Å². The first kappa shape index (κ1) is 19.7. The summed E-state index contributed by atoms with van der Waals surface area (Å²) in [6, 6.07) is 2.28. The van der Waals surface area contributed by atoms with Crippen LogP contribution in [-0.4, -0.2) is 10.2 Å². The molecule has 0 saturated heterocycles. The molecule has 20 heavy (non-hydrogen) atoms. The van der Waals surface area contributed by atoms with Crippen molar-refractivity contribution < 1.29 is 0 Å². The maximum atomic E-state index is 4.42. The molecule has 1 aromatic heterocycles. The summed E-state index contributed by atoms with van der Waals surface area (Å²) in [6.07, 6.45) is 15.8. The lowest BCUT2D eigenvalue weighted by atomic mass is 10.1. The number of nitrogens with one attached hydrogen (secondary N) is 1. The van der Waals surface area contributed by atoms with Crippen LogP contribution in [0.5, 0.6) is 0 Å². The summed E-state index contributed by atoms with van der Waals surface area (Å²) in [5.74, 6) is 0. The first-order chi connectivity index (χ1) is 9.36. The van der Waals surface area contributed by atoms with Crippen LogP contribution in [0.4, 0.5) is 0 Å². The topological polar surface area (TPSA) is 28.7 Å². The quantitative estimate of drug-likeness (QED) is 0.462. The molecule has 0 aliphatic rings. The van der Waals surface area contributed by atoms with Gasteiger partial charge in [-0.05, 0) is 31.7 Å². The van der Waals surface area contributed by atoms with Crippen molar-refractivity contribution in [3.8, 4) is 0 Å². The summed E-state index contributed by atoms with van der Waals surface area (Å²) >= 11 is 0. The predicted octanol–water partition coefficient (Wildman–Crippen LogP) is 6.01. The molecule has 2 nitrogen and oxygen atoms in total. The van der Waals surface area contributed by atoms with Gasteiger partial charge in [0.15, 0.2) is 0 Å². The lowest BCUT2D eigenvalue weighted by Gasteiger charge is -1.98. The van der Waals surface area contributed by atoms with Crippen LogP contribution in [0.15, 0.2) is 6.07 Å². The molecule has 1 aromatic rings. The Balaban J connectivity index is 0.00000361. The number of aromatic nitrogens is 2. The molecule has 1 heterocycles. The van der Waals surface area contributed by atoms with Crippen LogP contribution in [0.3, 0.4) is 0 Å². The molecule has 0 aromatic carbocycles. The van der Waals surface area contributed by atoms with Gasteiger partial charge in [-0.3, -0.25) is 5.10 Å². The number of nitrogens with zero attached hydrogens (tertiary/aromatic N) is 1. The van der Waals surface area contributed by atoms with Crippen molar-refractivity contribution in [2.45, 2.75) is 90.9 Å². The summed E-state index contributed by atoms with van der Waals surface area (Å²) in [5, 5.41) is 7.62. The molecular formula is C17H33BrN2. The summed E-state index contributed by atoms with van der Waals surface area (Å²) in [7, 11) is 0. The van der Waals surface area contributed by atoms with E-state index >= 15 is 0 Å². The monoisotopic (exact) mass is 344 g/mol. The molecule has 0 saturated carbocycles. The van der Waals surface area contributed by atoms with Crippen molar-refractivity contribution in [2.24, 2.45) is 0 Å². The molecule has 0 atom stereocenters. The Labute approximate surface area is 135 Å². The molecule has 0 radical (unpaired) electrons. The van der Waals surface area contributed by atoms with E-state index in [4.69, 9.17) is 0 Å². The van der Waals surface area contributed by atoms with Crippen LogP contribution in [0.1, 0.15) is 89.4 Å². The number of rotatable bonds is 12. The van der Waals surface area contributed by atoms with E-state index in [0.29, 0.717) is 0 Å². The fourth-order valence-electron chi connectivity index (χ4n) is 2.49. The van der Waals surface area contributed by atoms with E-state index in [9.17, 15) is 0 Å². The molecule has 0 fully saturated rings. The molecule has 0 aliphatic heterocycles. The molecule has 0 spiro atoms. The molecule has 0 bridgehead atoms. The maximum Gasteiger partial charge on any atom is 0.0625 e. The van der Waals surface area contributed by atoms with Crippen LogP contribution in [0.25, 0.3) is 0 Å². The van der Waals surface area contributed by atoms with Crippen LogP contribution < -0.4 is 0 Å². The van der Waals surface area contributed by atoms with Crippen LogP contribution in [0.2, 0.25) is 0 Å². The summed E-state index contributed by atoms with van der Waals surface area (Å²) < 4.78 is 0. The molecule has 0 amide bonds. The smallest absolute Gasteiger partial charge is 0.0625 e. The third kappa shape index (κ3) is 9.57. The van der Waals surface area contributed by atoms with Crippen LogP contribution >= 0.6 is 17.0 Å². The van der Waals surface area contributed by atoms with Gasteiger partial charge in [0, 0.05) is 5.69 Å². The fourth-order valence-corrected chi connectivity index (χ4v) is 2.49. The van der Waals surface area contributed by atoms with Crippen molar-refractivity contribution in [3.05, 3.63) is 17.5 Å². The second-order valence-electron chi connectivity index (χ2n) is 5.71. The number of aromatic amines is 1. The Morgan fingerprint density at radius 1 is 0.800 bits per heavy atom. The third-order valence-electron chi connectivity index (χ3n) is 3.77. The SMILES string of the molecule is Br.CCCCCCCc1cc(CCCCCCC)[nH]n1. The van der Waals surface area contributed by atoms with Gasteiger partial charge in [-0.1, -0.05) is 65.2 Å².